The summed E-state index contributed by atoms with van der Waals surface area (Å²) in [7, 11) is 0. The summed E-state index contributed by atoms with van der Waals surface area (Å²) in [6.45, 7) is 0.261. The molecule has 1 saturated carbocycles. The van der Waals surface area contributed by atoms with Crippen molar-refractivity contribution < 1.29 is 9.53 Å². The third kappa shape index (κ3) is 4.42. The second-order valence-electron chi connectivity index (χ2n) is 6.98. The quantitative estimate of drug-likeness (QED) is 0.679. The maximum atomic E-state index is 12.4. The summed E-state index contributed by atoms with van der Waals surface area (Å²) >= 11 is 5.91. The van der Waals surface area contributed by atoms with Gasteiger partial charge in [0.05, 0.1) is 17.4 Å². The highest BCUT2D eigenvalue weighted by atomic mass is 35.5. The summed E-state index contributed by atoms with van der Waals surface area (Å²) in [5, 5.41) is 3.82. The van der Waals surface area contributed by atoms with Crippen LogP contribution in [0.15, 0.2) is 48.8 Å². The fraction of sp³-hybridized carbons (Fsp3) is 0.333. The lowest BCUT2D eigenvalue weighted by atomic mass is 9.95. The zero-order chi connectivity index (χ0) is 18.6. The Balaban J connectivity index is 1.48. The zero-order valence-corrected chi connectivity index (χ0v) is 15.8. The number of ether oxygens (including phenoxy) is 1. The maximum absolute atomic E-state index is 12.4. The Bertz CT molecular complexity index is 930. The lowest BCUT2D eigenvalue weighted by Crippen LogP contribution is -2.38. The minimum atomic E-state index is 0.0326. The molecule has 2 aromatic carbocycles. The molecular weight excluding hydrogens is 362 g/mol. The Morgan fingerprint density at radius 3 is 2.63 bits per heavy atom. The molecule has 4 rings (SSSR count). The van der Waals surface area contributed by atoms with Crippen LogP contribution in [0.25, 0.3) is 11.0 Å². The smallest absolute Gasteiger partial charge is 0.240 e. The van der Waals surface area contributed by atoms with E-state index in [4.69, 9.17) is 16.3 Å². The van der Waals surface area contributed by atoms with Crippen molar-refractivity contribution in [3.63, 3.8) is 0 Å². The molecule has 1 fully saturated rings. The Hall–Kier alpha value is -2.53. The first-order chi connectivity index (χ1) is 13.2. The molecular formula is C21H22ClN3O2. The van der Waals surface area contributed by atoms with Gasteiger partial charge in [-0.25, -0.2) is 4.98 Å². The molecule has 27 heavy (non-hydrogen) atoms. The van der Waals surface area contributed by atoms with Crippen LogP contribution < -0.4 is 10.1 Å². The number of imidazole rings is 1. The summed E-state index contributed by atoms with van der Waals surface area (Å²) in [6.07, 6.45) is 7.53. The molecule has 1 amide bonds. The average Bonchev–Trinajstić information content (AvgIpc) is 3.06. The number of hydrogen-bond acceptors (Lipinski definition) is 3. The molecule has 1 aliphatic rings. The number of fused-ring (bicyclic) bond motifs is 1. The molecule has 0 spiro atoms. The van der Waals surface area contributed by atoms with Crippen LogP contribution in [0.3, 0.4) is 0 Å². The van der Waals surface area contributed by atoms with Crippen molar-refractivity contribution in [1.82, 2.24) is 14.9 Å². The van der Waals surface area contributed by atoms with Gasteiger partial charge in [-0.2, -0.15) is 0 Å². The van der Waals surface area contributed by atoms with E-state index in [9.17, 15) is 4.79 Å². The van der Waals surface area contributed by atoms with Crippen LogP contribution in [0.5, 0.6) is 11.5 Å². The van der Waals surface area contributed by atoms with E-state index in [1.165, 1.54) is 19.3 Å². The van der Waals surface area contributed by atoms with Gasteiger partial charge < -0.3 is 14.6 Å². The monoisotopic (exact) mass is 383 g/mol. The van der Waals surface area contributed by atoms with Crippen molar-refractivity contribution in [2.45, 2.75) is 44.7 Å². The van der Waals surface area contributed by atoms with Gasteiger partial charge in [0.15, 0.2) is 0 Å². The van der Waals surface area contributed by atoms with E-state index in [1.54, 1.807) is 18.5 Å². The molecule has 5 nitrogen and oxygen atoms in total. The van der Waals surface area contributed by atoms with Gasteiger partial charge in [-0.1, -0.05) is 30.9 Å². The summed E-state index contributed by atoms with van der Waals surface area (Å²) in [5.74, 6) is 1.43. The van der Waals surface area contributed by atoms with Gasteiger partial charge in [-0.05, 0) is 49.2 Å². The van der Waals surface area contributed by atoms with Gasteiger partial charge in [0.2, 0.25) is 5.91 Å². The molecule has 6 heteroatoms. The zero-order valence-electron chi connectivity index (χ0n) is 15.0. The summed E-state index contributed by atoms with van der Waals surface area (Å²) in [6, 6.07) is 13.2. The van der Waals surface area contributed by atoms with Crippen LogP contribution in [-0.2, 0) is 11.3 Å². The van der Waals surface area contributed by atoms with Crippen molar-refractivity contribution in [1.29, 1.82) is 0 Å². The number of nitrogens with one attached hydrogen (secondary N) is 1. The highest BCUT2D eigenvalue weighted by molar-refractivity contribution is 6.30. The van der Waals surface area contributed by atoms with Crippen LogP contribution in [0.1, 0.15) is 32.1 Å². The molecule has 0 atom stereocenters. The number of halogens is 1. The second-order valence-corrected chi connectivity index (χ2v) is 7.42. The highest BCUT2D eigenvalue weighted by Crippen LogP contribution is 2.26. The summed E-state index contributed by atoms with van der Waals surface area (Å²) in [5.41, 5.74) is 1.71. The Labute approximate surface area is 163 Å². The van der Waals surface area contributed by atoms with Gasteiger partial charge in [0, 0.05) is 17.1 Å². The molecule has 1 aliphatic carbocycles. The van der Waals surface area contributed by atoms with Crippen molar-refractivity contribution in [2.24, 2.45) is 0 Å². The van der Waals surface area contributed by atoms with E-state index in [2.05, 4.69) is 10.3 Å². The molecule has 3 aromatic rings. The fourth-order valence-electron chi connectivity index (χ4n) is 3.54. The molecule has 0 aliphatic heterocycles. The third-order valence-corrected chi connectivity index (χ3v) is 5.18. The number of benzene rings is 2. The topological polar surface area (TPSA) is 56.2 Å². The SMILES string of the molecule is O=C(Cn1cnc2ccc(Oc3ccc(Cl)cc3)cc21)NC1CCCCC1. The summed E-state index contributed by atoms with van der Waals surface area (Å²) < 4.78 is 7.76. The molecule has 140 valence electrons. The first-order valence-corrected chi connectivity index (χ1v) is 9.73. The first-order valence-electron chi connectivity index (χ1n) is 9.35. The molecule has 1 aromatic heterocycles. The van der Waals surface area contributed by atoms with E-state index in [-0.39, 0.29) is 12.5 Å². The highest BCUT2D eigenvalue weighted by Gasteiger charge is 2.16. The Morgan fingerprint density at radius 2 is 1.85 bits per heavy atom. The number of hydrogen-bond donors (Lipinski definition) is 1. The number of aromatic nitrogens is 2. The predicted octanol–water partition coefficient (Wildman–Crippen LogP) is 4.93. The number of carbonyl (C=O) groups excluding carboxylic acids is 1. The average molecular weight is 384 g/mol. The lowest BCUT2D eigenvalue weighted by molar-refractivity contribution is -0.122. The maximum Gasteiger partial charge on any atom is 0.240 e. The van der Waals surface area contributed by atoms with Gasteiger partial charge in [0.25, 0.3) is 0 Å². The largest absolute Gasteiger partial charge is 0.457 e. The Kier molecular flexibility index (Phi) is 5.30. The van der Waals surface area contributed by atoms with Gasteiger partial charge in [0.1, 0.15) is 18.0 Å². The van der Waals surface area contributed by atoms with E-state index < -0.39 is 0 Å². The summed E-state index contributed by atoms with van der Waals surface area (Å²) in [4.78, 5) is 16.8. The van der Waals surface area contributed by atoms with E-state index >= 15 is 0 Å². The number of rotatable bonds is 5. The van der Waals surface area contributed by atoms with Crippen LogP contribution in [-0.4, -0.2) is 21.5 Å². The number of amides is 1. The second kappa shape index (κ2) is 8.01. The van der Waals surface area contributed by atoms with Crippen LogP contribution in [0.4, 0.5) is 0 Å². The van der Waals surface area contributed by atoms with E-state index in [0.29, 0.717) is 22.6 Å². The molecule has 1 N–H and O–H groups in total. The van der Waals surface area contributed by atoms with Crippen LogP contribution in [0, 0.1) is 0 Å². The fourth-order valence-corrected chi connectivity index (χ4v) is 3.67. The van der Waals surface area contributed by atoms with Crippen LogP contribution in [0.2, 0.25) is 5.02 Å². The minimum Gasteiger partial charge on any atom is -0.457 e. The third-order valence-electron chi connectivity index (χ3n) is 4.93. The van der Waals surface area contributed by atoms with Gasteiger partial charge >= 0.3 is 0 Å². The van der Waals surface area contributed by atoms with Gasteiger partial charge in [-0.15, -0.1) is 0 Å². The first kappa shape index (κ1) is 17.9. The van der Waals surface area contributed by atoms with E-state index in [1.807, 2.05) is 34.9 Å². The standard InChI is InChI=1S/C21H22ClN3O2/c22-15-6-8-17(9-7-15)27-18-10-11-19-20(12-18)25(14-23-19)13-21(26)24-16-4-2-1-3-5-16/h6-12,14,16H,1-5,13H2,(H,24,26). The molecule has 0 saturated heterocycles. The van der Waals surface area contributed by atoms with Crippen molar-refractivity contribution in [3.05, 3.63) is 53.8 Å². The molecule has 0 bridgehead atoms. The number of nitrogens with zero attached hydrogens (tertiary/aromatic N) is 2. The molecule has 0 unspecified atom stereocenters. The van der Waals surface area contributed by atoms with Crippen molar-refractivity contribution in [2.75, 3.05) is 0 Å². The number of carbonyl (C=O) groups is 1. The molecule has 1 heterocycles. The van der Waals surface area contributed by atoms with Crippen molar-refractivity contribution in [3.8, 4) is 11.5 Å². The van der Waals surface area contributed by atoms with Gasteiger partial charge in [-0.3, -0.25) is 4.79 Å². The minimum absolute atomic E-state index is 0.0326. The van der Waals surface area contributed by atoms with E-state index in [0.717, 1.165) is 23.9 Å². The lowest BCUT2D eigenvalue weighted by Gasteiger charge is -2.22. The predicted molar refractivity (Wildman–Crippen MR) is 106 cm³/mol. The molecule has 0 radical (unpaired) electrons. The Morgan fingerprint density at radius 1 is 1.11 bits per heavy atom. The van der Waals surface area contributed by atoms with Crippen molar-refractivity contribution >= 4 is 28.5 Å². The van der Waals surface area contributed by atoms with Crippen LogP contribution >= 0.6 is 11.6 Å². The normalized spacial score (nSPS) is 15.0.